The van der Waals surface area contributed by atoms with Crippen LogP contribution in [0.2, 0.25) is 0 Å². The number of nitrogens with zero attached hydrogens (tertiary/aromatic N) is 5. The standard InChI is InChI=1S/C23H28N6O2/c1-27-14-16-11-21(22(12-20(16)26-27)28-8-3-2-4-9-28)25-23(31)19-6-5-17(13-24-19)29-10-7-18(30)15-29/h5-6,11-14,18,30H,2-4,7-10,15H2,1H3,(H,25,31). The number of pyridine rings is 1. The minimum atomic E-state index is -0.293. The van der Waals surface area contributed by atoms with Gasteiger partial charge in [-0.3, -0.25) is 9.48 Å². The summed E-state index contributed by atoms with van der Waals surface area (Å²) in [7, 11) is 1.91. The van der Waals surface area contributed by atoms with E-state index in [1.165, 1.54) is 6.42 Å². The Labute approximate surface area is 181 Å². The zero-order valence-corrected chi connectivity index (χ0v) is 17.8. The van der Waals surface area contributed by atoms with E-state index in [0.29, 0.717) is 12.2 Å². The number of fused-ring (bicyclic) bond motifs is 1. The van der Waals surface area contributed by atoms with Crippen LogP contribution < -0.4 is 15.1 Å². The van der Waals surface area contributed by atoms with E-state index in [0.717, 1.165) is 66.9 Å². The molecule has 1 unspecified atom stereocenters. The molecule has 2 saturated heterocycles. The number of carbonyl (C=O) groups excluding carboxylic acids is 1. The summed E-state index contributed by atoms with van der Waals surface area (Å²) in [4.78, 5) is 21.8. The van der Waals surface area contributed by atoms with E-state index in [9.17, 15) is 9.90 Å². The van der Waals surface area contributed by atoms with Crippen molar-refractivity contribution in [3.8, 4) is 0 Å². The van der Waals surface area contributed by atoms with Gasteiger partial charge < -0.3 is 20.2 Å². The van der Waals surface area contributed by atoms with E-state index in [4.69, 9.17) is 0 Å². The number of rotatable bonds is 4. The maximum Gasteiger partial charge on any atom is 0.274 e. The predicted octanol–water partition coefficient (Wildman–Crippen LogP) is 2.78. The second kappa shape index (κ2) is 8.19. The summed E-state index contributed by atoms with van der Waals surface area (Å²) >= 11 is 0. The van der Waals surface area contributed by atoms with Gasteiger partial charge in [0.2, 0.25) is 0 Å². The first kappa shape index (κ1) is 19.8. The zero-order chi connectivity index (χ0) is 21.4. The minimum Gasteiger partial charge on any atom is -0.391 e. The van der Waals surface area contributed by atoms with Crippen molar-refractivity contribution in [1.82, 2.24) is 14.8 Å². The van der Waals surface area contributed by atoms with Gasteiger partial charge in [0.05, 0.1) is 34.9 Å². The number of aromatic nitrogens is 3. The molecule has 2 aromatic heterocycles. The summed E-state index contributed by atoms with van der Waals surface area (Å²) in [6.07, 6.45) is 7.69. The van der Waals surface area contributed by atoms with E-state index in [2.05, 4.69) is 31.3 Å². The predicted molar refractivity (Wildman–Crippen MR) is 122 cm³/mol. The quantitative estimate of drug-likeness (QED) is 0.675. The number of hydrogen-bond acceptors (Lipinski definition) is 6. The van der Waals surface area contributed by atoms with Crippen LogP contribution in [0, 0.1) is 0 Å². The molecule has 1 atom stereocenters. The van der Waals surface area contributed by atoms with Crippen molar-refractivity contribution in [2.75, 3.05) is 41.3 Å². The highest BCUT2D eigenvalue weighted by molar-refractivity contribution is 6.06. The molecular weight excluding hydrogens is 392 g/mol. The molecule has 0 bridgehead atoms. The summed E-state index contributed by atoms with van der Waals surface area (Å²) in [5.74, 6) is -0.227. The van der Waals surface area contributed by atoms with Gasteiger partial charge in [0.15, 0.2) is 0 Å². The summed E-state index contributed by atoms with van der Waals surface area (Å²) < 4.78 is 1.80. The van der Waals surface area contributed by atoms with Gasteiger partial charge in [-0.1, -0.05) is 0 Å². The Balaban J connectivity index is 1.40. The fraction of sp³-hybridized carbons (Fsp3) is 0.435. The van der Waals surface area contributed by atoms with Crippen molar-refractivity contribution in [2.45, 2.75) is 31.8 Å². The molecule has 3 aromatic rings. The number of aliphatic hydroxyl groups is 1. The van der Waals surface area contributed by atoms with Crippen molar-refractivity contribution < 1.29 is 9.90 Å². The molecule has 1 aromatic carbocycles. The number of aliphatic hydroxyl groups excluding tert-OH is 1. The zero-order valence-electron chi connectivity index (χ0n) is 17.8. The molecule has 8 nitrogen and oxygen atoms in total. The van der Waals surface area contributed by atoms with Crippen LogP contribution in [-0.2, 0) is 7.05 Å². The van der Waals surface area contributed by atoms with Crippen LogP contribution in [0.5, 0.6) is 0 Å². The molecule has 0 aliphatic carbocycles. The van der Waals surface area contributed by atoms with Crippen LogP contribution in [0.3, 0.4) is 0 Å². The molecule has 162 valence electrons. The normalized spacial score (nSPS) is 19.2. The largest absolute Gasteiger partial charge is 0.391 e. The molecule has 4 heterocycles. The number of aryl methyl sites for hydroxylation is 1. The topological polar surface area (TPSA) is 86.5 Å². The number of β-amino-alcohol motifs (C(OH)–C–C–N with tert-alkyl or cyclic N) is 1. The second-order valence-electron chi connectivity index (χ2n) is 8.52. The summed E-state index contributed by atoms with van der Waals surface area (Å²) in [5, 5.41) is 18.4. The number of benzene rings is 1. The van der Waals surface area contributed by atoms with E-state index in [1.807, 2.05) is 25.4 Å². The van der Waals surface area contributed by atoms with Crippen LogP contribution in [0.4, 0.5) is 17.1 Å². The van der Waals surface area contributed by atoms with Gasteiger partial charge in [-0.25, -0.2) is 4.98 Å². The third-order valence-corrected chi connectivity index (χ3v) is 6.19. The SMILES string of the molecule is Cn1cc2cc(NC(=O)c3ccc(N4CCC(O)C4)cn3)c(N3CCCCC3)cc2n1. The lowest BCUT2D eigenvalue weighted by atomic mass is 10.1. The number of carbonyl (C=O) groups is 1. The van der Waals surface area contributed by atoms with Crippen LogP contribution in [-0.4, -0.2) is 58.1 Å². The molecule has 1 amide bonds. The van der Waals surface area contributed by atoms with Gasteiger partial charge in [0.1, 0.15) is 5.69 Å². The van der Waals surface area contributed by atoms with Crippen molar-refractivity contribution in [2.24, 2.45) is 7.05 Å². The number of piperidine rings is 1. The number of nitrogens with one attached hydrogen (secondary N) is 1. The molecule has 0 spiro atoms. The lowest BCUT2D eigenvalue weighted by Crippen LogP contribution is -2.30. The minimum absolute atomic E-state index is 0.227. The Morgan fingerprint density at radius 3 is 2.68 bits per heavy atom. The first-order chi connectivity index (χ1) is 15.1. The molecule has 5 rings (SSSR count). The lowest BCUT2D eigenvalue weighted by molar-refractivity contribution is 0.102. The molecule has 0 radical (unpaired) electrons. The number of amides is 1. The molecule has 31 heavy (non-hydrogen) atoms. The van der Waals surface area contributed by atoms with Crippen LogP contribution in [0.15, 0.2) is 36.7 Å². The molecule has 0 saturated carbocycles. The summed E-state index contributed by atoms with van der Waals surface area (Å²) in [6.45, 7) is 3.38. The van der Waals surface area contributed by atoms with E-state index in [1.54, 1.807) is 16.9 Å². The fourth-order valence-electron chi connectivity index (χ4n) is 4.55. The van der Waals surface area contributed by atoms with Gasteiger partial charge >= 0.3 is 0 Å². The first-order valence-corrected chi connectivity index (χ1v) is 11.0. The Morgan fingerprint density at radius 1 is 1.13 bits per heavy atom. The molecule has 2 aliphatic heterocycles. The highest BCUT2D eigenvalue weighted by Gasteiger charge is 2.22. The highest BCUT2D eigenvalue weighted by atomic mass is 16.3. The van der Waals surface area contributed by atoms with Gasteiger partial charge in [-0.05, 0) is 49.9 Å². The highest BCUT2D eigenvalue weighted by Crippen LogP contribution is 2.33. The first-order valence-electron chi connectivity index (χ1n) is 11.0. The third kappa shape index (κ3) is 4.07. The summed E-state index contributed by atoms with van der Waals surface area (Å²) in [6, 6.07) is 7.73. The van der Waals surface area contributed by atoms with Gasteiger partial charge in [-0.15, -0.1) is 0 Å². The maximum absolute atomic E-state index is 13.0. The molecule has 2 aliphatic rings. The monoisotopic (exact) mass is 420 g/mol. The maximum atomic E-state index is 13.0. The number of anilines is 3. The van der Waals surface area contributed by atoms with E-state index >= 15 is 0 Å². The van der Waals surface area contributed by atoms with Crippen LogP contribution >= 0.6 is 0 Å². The van der Waals surface area contributed by atoms with E-state index < -0.39 is 0 Å². The Bertz CT molecular complexity index is 1090. The average Bonchev–Trinajstić information content (AvgIpc) is 3.38. The van der Waals surface area contributed by atoms with Gasteiger partial charge in [0.25, 0.3) is 5.91 Å². The van der Waals surface area contributed by atoms with Crippen molar-refractivity contribution in [1.29, 1.82) is 0 Å². The third-order valence-electron chi connectivity index (χ3n) is 6.19. The van der Waals surface area contributed by atoms with Crippen LogP contribution in [0.25, 0.3) is 10.9 Å². The van der Waals surface area contributed by atoms with Crippen molar-refractivity contribution >= 4 is 33.9 Å². The summed E-state index contributed by atoms with van der Waals surface area (Å²) in [5.41, 5.74) is 4.04. The van der Waals surface area contributed by atoms with Crippen molar-refractivity contribution in [3.63, 3.8) is 0 Å². The Kier molecular flexibility index (Phi) is 5.23. The van der Waals surface area contributed by atoms with Crippen LogP contribution in [0.1, 0.15) is 36.2 Å². The smallest absolute Gasteiger partial charge is 0.274 e. The molecule has 2 N–H and O–H groups in total. The lowest BCUT2D eigenvalue weighted by Gasteiger charge is -2.30. The molecule has 2 fully saturated rings. The molecule has 8 heteroatoms. The number of hydrogen-bond donors (Lipinski definition) is 2. The fourth-order valence-corrected chi connectivity index (χ4v) is 4.55. The second-order valence-corrected chi connectivity index (χ2v) is 8.52. The van der Waals surface area contributed by atoms with Gasteiger partial charge in [-0.2, -0.15) is 5.10 Å². The van der Waals surface area contributed by atoms with Gasteiger partial charge in [0, 0.05) is 44.8 Å². The Morgan fingerprint density at radius 2 is 1.97 bits per heavy atom. The Hall–Kier alpha value is -3.13. The van der Waals surface area contributed by atoms with Crippen molar-refractivity contribution in [3.05, 3.63) is 42.4 Å². The average molecular weight is 421 g/mol. The molecular formula is C23H28N6O2. The van der Waals surface area contributed by atoms with E-state index in [-0.39, 0.29) is 12.0 Å².